The average molecular weight is 237 g/mol. The second-order valence-corrected chi connectivity index (χ2v) is 3.45. The Balaban J connectivity index is 2.60. The number of hydrogen-bond donors (Lipinski definition) is 2. The summed E-state index contributed by atoms with van der Waals surface area (Å²) >= 11 is 0. The number of halogens is 1. The first-order chi connectivity index (χ1) is 7.99. The summed E-state index contributed by atoms with van der Waals surface area (Å²) < 4.78 is 12.7. The van der Waals surface area contributed by atoms with E-state index in [-0.39, 0.29) is 11.9 Å². The van der Waals surface area contributed by atoms with E-state index < -0.39 is 11.9 Å². The zero-order valence-corrected chi connectivity index (χ0v) is 9.18. The lowest BCUT2D eigenvalue weighted by Gasteiger charge is -2.12. The van der Waals surface area contributed by atoms with Gasteiger partial charge in [0.15, 0.2) is 0 Å². The van der Waals surface area contributed by atoms with E-state index in [1.807, 2.05) is 0 Å². The minimum absolute atomic E-state index is 0.318. The van der Waals surface area contributed by atoms with Crippen molar-refractivity contribution in [2.24, 2.45) is 0 Å². The molecule has 0 unspecified atom stereocenters. The van der Waals surface area contributed by atoms with Gasteiger partial charge in [-0.25, -0.2) is 9.18 Å². The fourth-order valence-electron chi connectivity index (χ4n) is 1.24. The Morgan fingerprint density at radius 2 is 1.88 bits per heavy atom. The molecule has 0 aliphatic rings. The summed E-state index contributed by atoms with van der Waals surface area (Å²) in [6.07, 6.45) is 1.69. The highest BCUT2D eigenvalue weighted by molar-refractivity contribution is 5.94. The highest BCUT2D eigenvalue weighted by Crippen LogP contribution is 2.12. The molecule has 0 saturated carbocycles. The van der Waals surface area contributed by atoms with E-state index in [1.165, 1.54) is 12.1 Å². The predicted octanol–water partition coefficient (Wildman–Crippen LogP) is 1.64. The van der Waals surface area contributed by atoms with Crippen molar-refractivity contribution in [1.82, 2.24) is 5.32 Å². The van der Waals surface area contributed by atoms with Crippen LogP contribution in [-0.2, 0) is 9.59 Å². The third-order valence-electron chi connectivity index (χ3n) is 2.11. The van der Waals surface area contributed by atoms with Gasteiger partial charge in [0.25, 0.3) is 0 Å². The molecular weight excluding hydrogens is 225 g/mol. The molecule has 1 atom stereocenters. The number of carboxylic acid groups (broad SMARTS) is 1. The smallest absolute Gasteiger partial charge is 0.328 e. The number of benzene rings is 1. The Bertz CT molecular complexity index is 440. The summed E-state index contributed by atoms with van der Waals surface area (Å²) in [5.41, 5.74) is 0.739. The lowest BCUT2D eigenvalue weighted by Crippen LogP contribution is -2.24. The SMILES string of the molecule is C[C@H](NC(=O)/C=C/C(=O)O)c1ccc(F)cc1. The molecular formula is C12H12FNO3. The topological polar surface area (TPSA) is 66.4 Å². The minimum atomic E-state index is -1.19. The molecule has 0 fully saturated rings. The third-order valence-corrected chi connectivity index (χ3v) is 2.11. The molecule has 17 heavy (non-hydrogen) atoms. The van der Waals surface area contributed by atoms with E-state index in [0.717, 1.165) is 17.7 Å². The van der Waals surface area contributed by atoms with E-state index in [4.69, 9.17) is 5.11 Å². The van der Waals surface area contributed by atoms with E-state index in [2.05, 4.69) is 5.32 Å². The second-order valence-electron chi connectivity index (χ2n) is 3.45. The molecule has 4 nitrogen and oxygen atoms in total. The van der Waals surface area contributed by atoms with Crippen molar-refractivity contribution in [3.63, 3.8) is 0 Å². The average Bonchev–Trinajstić information content (AvgIpc) is 2.27. The normalized spacial score (nSPS) is 12.4. The number of aliphatic carboxylic acids is 1. The van der Waals surface area contributed by atoms with Crippen molar-refractivity contribution in [3.05, 3.63) is 47.8 Å². The van der Waals surface area contributed by atoms with Gasteiger partial charge >= 0.3 is 5.97 Å². The highest BCUT2D eigenvalue weighted by Gasteiger charge is 2.07. The van der Waals surface area contributed by atoms with Gasteiger partial charge in [-0.3, -0.25) is 4.79 Å². The van der Waals surface area contributed by atoms with Crippen LogP contribution in [0.25, 0.3) is 0 Å². The van der Waals surface area contributed by atoms with Crippen LogP contribution < -0.4 is 5.32 Å². The zero-order valence-electron chi connectivity index (χ0n) is 9.18. The monoisotopic (exact) mass is 237 g/mol. The van der Waals surface area contributed by atoms with E-state index in [0.29, 0.717) is 0 Å². The molecule has 1 rings (SSSR count). The van der Waals surface area contributed by atoms with E-state index in [1.54, 1.807) is 19.1 Å². The lowest BCUT2D eigenvalue weighted by atomic mass is 10.1. The Morgan fingerprint density at radius 3 is 2.41 bits per heavy atom. The van der Waals surface area contributed by atoms with Gasteiger partial charge in [0.05, 0.1) is 6.04 Å². The van der Waals surface area contributed by atoms with Gasteiger partial charge in [0, 0.05) is 12.2 Å². The number of amides is 1. The van der Waals surface area contributed by atoms with Crippen molar-refractivity contribution in [1.29, 1.82) is 0 Å². The molecule has 90 valence electrons. The highest BCUT2D eigenvalue weighted by atomic mass is 19.1. The predicted molar refractivity (Wildman–Crippen MR) is 59.7 cm³/mol. The molecule has 0 aliphatic carbocycles. The largest absolute Gasteiger partial charge is 0.478 e. The molecule has 0 aromatic heterocycles. The molecule has 1 amide bonds. The Labute approximate surface area is 97.8 Å². The first-order valence-electron chi connectivity index (χ1n) is 4.96. The van der Waals surface area contributed by atoms with E-state index >= 15 is 0 Å². The van der Waals surface area contributed by atoms with Crippen LogP contribution in [0.5, 0.6) is 0 Å². The number of carbonyl (C=O) groups excluding carboxylic acids is 1. The van der Waals surface area contributed by atoms with Crippen molar-refractivity contribution >= 4 is 11.9 Å². The summed E-state index contributed by atoms with van der Waals surface area (Å²) in [4.78, 5) is 21.5. The number of nitrogens with one attached hydrogen (secondary N) is 1. The van der Waals surface area contributed by atoms with Gasteiger partial charge < -0.3 is 10.4 Å². The van der Waals surface area contributed by atoms with Crippen LogP contribution in [0.15, 0.2) is 36.4 Å². The maximum absolute atomic E-state index is 12.7. The van der Waals surface area contributed by atoms with Gasteiger partial charge in [0.2, 0.25) is 5.91 Å². The molecule has 0 saturated heterocycles. The lowest BCUT2D eigenvalue weighted by molar-refractivity contribution is -0.131. The van der Waals surface area contributed by atoms with Gasteiger partial charge in [-0.2, -0.15) is 0 Å². The van der Waals surface area contributed by atoms with Crippen LogP contribution in [0.2, 0.25) is 0 Å². The quantitative estimate of drug-likeness (QED) is 0.782. The van der Waals surface area contributed by atoms with Crippen molar-refractivity contribution < 1.29 is 19.1 Å². The summed E-state index contributed by atoms with van der Waals surface area (Å²) in [6.45, 7) is 1.72. The van der Waals surface area contributed by atoms with Gasteiger partial charge in [0.1, 0.15) is 5.82 Å². The third kappa shape index (κ3) is 4.46. The summed E-state index contributed by atoms with van der Waals surface area (Å²) in [5.74, 6) is -2.04. The molecule has 0 radical (unpaired) electrons. The zero-order chi connectivity index (χ0) is 12.8. The van der Waals surface area contributed by atoms with E-state index in [9.17, 15) is 14.0 Å². The number of carbonyl (C=O) groups is 2. The molecule has 0 bridgehead atoms. The van der Waals surface area contributed by atoms with Crippen molar-refractivity contribution in [2.45, 2.75) is 13.0 Å². The molecule has 2 N–H and O–H groups in total. The maximum atomic E-state index is 12.7. The van der Waals surface area contributed by atoms with Crippen LogP contribution in [-0.4, -0.2) is 17.0 Å². The second kappa shape index (κ2) is 5.79. The van der Waals surface area contributed by atoms with Crippen LogP contribution in [0.4, 0.5) is 4.39 Å². The number of rotatable bonds is 4. The fraction of sp³-hybridized carbons (Fsp3) is 0.167. The van der Waals surface area contributed by atoms with Crippen LogP contribution in [0.3, 0.4) is 0 Å². The first-order valence-corrected chi connectivity index (χ1v) is 4.96. The minimum Gasteiger partial charge on any atom is -0.478 e. The van der Waals surface area contributed by atoms with Crippen LogP contribution >= 0.6 is 0 Å². The Hall–Kier alpha value is -2.17. The maximum Gasteiger partial charge on any atom is 0.328 e. The first kappa shape index (κ1) is 12.9. The Morgan fingerprint density at radius 1 is 1.29 bits per heavy atom. The number of carboxylic acids is 1. The van der Waals surface area contributed by atoms with Crippen molar-refractivity contribution in [3.8, 4) is 0 Å². The van der Waals surface area contributed by atoms with Crippen LogP contribution in [0.1, 0.15) is 18.5 Å². The summed E-state index contributed by atoms with van der Waals surface area (Å²) in [5, 5.41) is 10.9. The van der Waals surface area contributed by atoms with Crippen LogP contribution in [0, 0.1) is 5.82 Å². The van der Waals surface area contributed by atoms with Gasteiger partial charge in [-0.05, 0) is 24.6 Å². The molecule has 0 aliphatic heterocycles. The van der Waals surface area contributed by atoms with Crippen molar-refractivity contribution in [2.75, 3.05) is 0 Å². The fourth-order valence-corrected chi connectivity index (χ4v) is 1.24. The van der Waals surface area contributed by atoms with Gasteiger partial charge in [-0.15, -0.1) is 0 Å². The summed E-state index contributed by atoms with van der Waals surface area (Å²) in [6, 6.07) is 5.39. The molecule has 0 spiro atoms. The molecule has 1 aromatic rings. The molecule has 1 aromatic carbocycles. The standard InChI is InChI=1S/C12H12FNO3/c1-8(9-2-4-10(13)5-3-9)14-11(15)6-7-12(16)17/h2-8H,1H3,(H,14,15)(H,16,17)/b7-6+/t8-/m0/s1. The molecule has 0 heterocycles. The van der Waals surface area contributed by atoms with Gasteiger partial charge in [-0.1, -0.05) is 12.1 Å². The Kier molecular flexibility index (Phi) is 4.39. The number of hydrogen-bond acceptors (Lipinski definition) is 2. The summed E-state index contributed by atoms with van der Waals surface area (Å²) in [7, 11) is 0. The molecule has 5 heteroatoms.